The Morgan fingerprint density at radius 1 is 0.903 bits per heavy atom. The molecule has 12 heteroatoms. The molecule has 0 aromatic heterocycles. The highest BCUT2D eigenvalue weighted by Gasteiger charge is 2.31. The molecule has 2 aromatic carbocycles. The Labute approximate surface area is 178 Å². The van der Waals surface area contributed by atoms with Crippen LogP contribution in [0.4, 0.5) is 18.9 Å². The van der Waals surface area contributed by atoms with Gasteiger partial charge < -0.3 is 4.74 Å². The van der Waals surface area contributed by atoms with Crippen molar-refractivity contribution < 1.29 is 34.7 Å². The number of rotatable bonds is 6. The van der Waals surface area contributed by atoms with Crippen LogP contribution >= 0.6 is 0 Å². The molecule has 0 unspecified atom stereocenters. The summed E-state index contributed by atoms with van der Waals surface area (Å²) in [6.07, 6.45) is -3.32. The molecule has 1 aliphatic heterocycles. The quantitative estimate of drug-likeness (QED) is 0.682. The minimum atomic E-state index is -4.88. The van der Waals surface area contributed by atoms with E-state index in [4.69, 9.17) is 0 Å². The summed E-state index contributed by atoms with van der Waals surface area (Å²) in [5.41, 5.74) is 0.113. The third-order valence-corrected chi connectivity index (χ3v) is 8.16. The molecule has 1 aliphatic rings. The average molecular weight is 479 g/mol. The Morgan fingerprint density at radius 2 is 1.42 bits per heavy atom. The zero-order chi connectivity index (χ0) is 22.9. The number of alkyl halides is 3. The molecule has 31 heavy (non-hydrogen) atoms. The summed E-state index contributed by atoms with van der Waals surface area (Å²) in [4.78, 5) is -0.222. The van der Waals surface area contributed by atoms with Crippen LogP contribution in [-0.2, 0) is 20.0 Å². The molecular formula is C19H21F3N2O5S2. The fourth-order valence-corrected chi connectivity index (χ4v) is 5.63. The van der Waals surface area contributed by atoms with Crippen LogP contribution in [0.25, 0.3) is 0 Å². The Kier molecular flexibility index (Phi) is 6.53. The van der Waals surface area contributed by atoms with Crippen LogP contribution in [0.1, 0.15) is 19.8 Å². The zero-order valence-corrected chi connectivity index (χ0v) is 18.1. The minimum Gasteiger partial charge on any atom is -0.406 e. The van der Waals surface area contributed by atoms with Gasteiger partial charge in [0.1, 0.15) is 5.75 Å². The molecule has 1 saturated heterocycles. The lowest BCUT2D eigenvalue weighted by Gasteiger charge is -2.29. The first-order chi connectivity index (χ1) is 14.4. The van der Waals surface area contributed by atoms with Gasteiger partial charge in [-0.25, -0.2) is 16.8 Å². The lowest BCUT2D eigenvalue weighted by molar-refractivity contribution is -0.274. The molecule has 2 aromatic rings. The van der Waals surface area contributed by atoms with Gasteiger partial charge in [0.2, 0.25) is 10.0 Å². The van der Waals surface area contributed by atoms with Crippen LogP contribution in [0.5, 0.6) is 5.75 Å². The number of nitrogens with zero attached hydrogens (tertiary/aromatic N) is 1. The number of ether oxygens (including phenoxy) is 1. The molecule has 0 aliphatic carbocycles. The van der Waals surface area contributed by atoms with E-state index in [9.17, 15) is 30.0 Å². The van der Waals surface area contributed by atoms with Crippen LogP contribution in [-0.4, -0.2) is 40.6 Å². The third-order valence-electron chi connectivity index (χ3n) is 4.85. The SMILES string of the molecule is CC1CCN(S(=O)(=O)c2ccc(NS(=O)(=O)c3ccc(OC(F)(F)F)cc3)cc2)CC1. The second-order valence-corrected chi connectivity index (χ2v) is 10.9. The number of nitrogens with one attached hydrogen (secondary N) is 1. The third kappa shape index (κ3) is 5.89. The number of halogens is 3. The molecule has 1 N–H and O–H groups in total. The standard InChI is InChI=1S/C19H21F3N2O5S2/c1-14-10-12-24(13-11-14)31(27,28)18-6-2-15(3-7-18)23-30(25,26)17-8-4-16(5-9-17)29-19(20,21)22/h2-9,14,23H,10-13H2,1H3. The average Bonchev–Trinajstić information content (AvgIpc) is 2.67. The second kappa shape index (κ2) is 8.67. The molecule has 1 fully saturated rings. The number of piperidine rings is 1. The van der Waals surface area contributed by atoms with E-state index in [1.54, 1.807) is 0 Å². The fraction of sp³-hybridized carbons (Fsp3) is 0.368. The molecule has 0 bridgehead atoms. The number of benzene rings is 2. The number of sulfonamides is 2. The van der Waals surface area contributed by atoms with E-state index < -0.39 is 32.2 Å². The van der Waals surface area contributed by atoms with Crippen LogP contribution in [0, 0.1) is 5.92 Å². The van der Waals surface area contributed by atoms with Gasteiger partial charge in [0.25, 0.3) is 10.0 Å². The summed E-state index contributed by atoms with van der Waals surface area (Å²) in [5.74, 6) is -0.0783. The van der Waals surface area contributed by atoms with Crippen molar-refractivity contribution in [3.8, 4) is 5.75 Å². The highest BCUT2D eigenvalue weighted by atomic mass is 32.2. The van der Waals surface area contributed by atoms with Crippen molar-refractivity contribution in [2.24, 2.45) is 5.92 Å². The Hall–Kier alpha value is -2.31. The maximum absolute atomic E-state index is 12.7. The van der Waals surface area contributed by atoms with E-state index in [2.05, 4.69) is 16.4 Å². The van der Waals surface area contributed by atoms with Crippen molar-refractivity contribution in [2.75, 3.05) is 17.8 Å². The van der Waals surface area contributed by atoms with Crippen molar-refractivity contribution in [3.05, 3.63) is 48.5 Å². The van der Waals surface area contributed by atoms with Crippen LogP contribution < -0.4 is 9.46 Å². The van der Waals surface area contributed by atoms with Gasteiger partial charge in [0, 0.05) is 18.8 Å². The molecule has 0 amide bonds. The van der Waals surface area contributed by atoms with Gasteiger partial charge in [-0.1, -0.05) is 6.92 Å². The first-order valence-electron chi connectivity index (χ1n) is 9.36. The maximum atomic E-state index is 12.7. The monoisotopic (exact) mass is 478 g/mol. The van der Waals surface area contributed by atoms with Gasteiger partial charge in [0.05, 0.1) is 9.79 Å². The Balaban J connectivity index is 1.71. The summed E-state index contributed by atoms with van der Waals surface area (Å²) < 4.78 is 94.4. The van der Waals surface area contributed by atoms with Crippen LogP contribution in [0.3, 0.4) is 0 Å². The van der Waals surface area contributed by atoms with Crippen LogP contribution in [0.2, 0.25) is 0 Å². The number of anilines is 1. The Bertz CT molecular complexity index is 1110. The van der Waals surface area contributed by atoms with E-state index in [0.29, 0.717) is 19.0 Å². The van der Waals surface area contributed by atoms with Gasteiger partial charge in [-0.15, -0.1) is 13.2 Å². The summed E-state index contributed by atoms with van der Waals surface area (Å²) >= 11 is 0. The van der Waals surface area contributed by atoms with Gasteiger partial charge in [-0.05, 0) is 67.3 Å². The van der Waals surface area contributed by atoms with Crippen molar-refractivity contribution in [1.29, 1.82) is 0 Å². The highest BCUT2D eigenvalue weighted by molar-refractivity contribution is 7.92. The van der Waals surface area contributed by atoms with Crippen molar-refractivity contribution >= 4 is 25.7 Å². The molecule has 3 rings (SSSR count). The molecule has 170 valence electrons. The van der Waals surface area contributed by atoms with E-state index in [1.165, 1.54) is 28.6 Å². The molecule has 0 saturated carbocycles. The first-order valence-corrected chi connectivity index (χ1v) is 12.3. The summed E-state index contributed by atoms with van der Waals surface area (Å²) in [7, 11) is -7.76. The predicted molar refractivity (Wildman–Crippen MR) is 108 cm³/mol. The molecule has 1 heterocycles. The highest BCUT2D eigenvalue weighted by Crippen LogP contribution is 2.27. The van der Waals surface area contributed by atoms with Crippen LogP contribution in [0.15, 0.2) is 58.3 Å². The lowest BCUT2D eigenvalue weighted by Crippen LogP contribution is -2.37. The topological polar surface area (TPSA) is 92.8 Å². The molecule has 7 nitrogen and oxygen atoms in total. The fourth-order valence-electron chi connectivity index (χ4n) is 3.10. The van der Waals surface area contributed by atoms with Crippen molar-refractivity contribution in [3.63, 3.8) is 0 Å². The van der Waals surface area contributed by atoms with Gasteiger partial charge in [0.15, 0.2) is 0 Å². The summed E-state index contributed by atoms with van der Waals surface area (Å²) in [6, 6.07) is 8.97. The predicted octanol–water partition coefficient (Wildman–Crippen LogP) is 3.81. The van der Waals surface area contributed by atoms with Gasteiger partial charge in [-0.2, -0.15) is 4.31 Å². The van der Waals surface area contributed by atoms with E-state index >= 15 is 0 Å². The van der Waals surface area contributed by atoms with E-state index in [1.807, 2.05) is 0 Å². The largest absolute Gasteiger partial charge is 0.573 e. The molecular weight excluding hydrogens is 457 g/mol. The Morgan fingerprint density at radius 3 is 1.94 bits per heavy atom. The van der Waals surface area contributed by atoms with Crippen molar-refractivity contribution in [1.82, 2.24) is 4.31 Å². The number of hydrogen-bond acceptors (Lipinski definition) is 5. The lowest BCUT2D eigenvalue weighted by atomic mass is 10.0. The van der Waals surface area contributed by atoms with E-state index in [0.717, 1.165) is 37.1 Å². The summed E-state index contributed by atoms with van der Waals surface area (Å²) in [5, 5.41) is 0. The van der Waals surface area contributed by atoms with Gasteiger partial charge in [-0.3, -0.25) is 4.72 Å². The van der Waals surface area contributed by atoms with E-state index in [-0.39, 0.29) is 15.5 Å². The molecule has 0 spiro atoms. The second-order valence-electron chi connectivity index (χ2n) is 7.24. The smallest absolute Gasteiger partial charge is 0.406 e. The zero-order valence-electron chi connectivity index (χ0n) is 16.5. The summed E-state index contributed by atoms with van der Waals surface area (Å²) in [6.45, 7) is 2.94. The maximum Gasteiger partial charge on any atom is 0.573 e. The first kappa shape index (κ1) is 23.4. The molecule has 0 radical (unpaired) electrons. The van der Waals surface area contributed by atoms with Crippen molar-refractivity contribution in [2.45, 2.75) is 35.9 Å². The molecule has 0 atom stereocenters. The van der Waals surface area contributed by atoms with Gasteiger partial charge >= 0.3 is 6.36 Å². The normalized spacial score (nSPS) is 16.8. The number of hydrogen-bond donors (Lipinski definition) is 1. The minimum absolute atomic E-state index is 0.0543.